The number of ether oxygens (including phenoxy) is 1. The molecule has 1 aliphatic heterocycles. The first-order valence-electron chi connectivity index (χ1n) is 8.49. The maximum absolute atomic E-state index is 12.4. The number of aromatic nitrogens is 2. The monoisotopic (exact) mass is 329 g/mol. The summed E-state index contributed by atoms with van der Waals surface area (Å²) in [7, 11) is 0. The number of carbonyl (C=O) groups is 1. The van der Waals surface area contributed by atoms with Gasteiger partial charge >= 0.3 is 5.97 Å². The lowest BCUT2D eigenvalue weighted by atomic mass is 10.0. The van der Waals surface area contributed by atoms with E-state index < -0.39 is 0 Å². The Morgan fingerprint density at radius 2 is 2.21 bits per heavy atom. The average Bonchev–Trinajstić information content (AvgIpc) is 2.59. The molecule has 1 atom stereocenters. The fourth-order valence-corrected chi connectivity index (χ4v) is 3.32. The van der Waals surface area contributed by atoms with Crippen LogP contribution in [0.5, 0.6) is 0 Å². The standard InChI is InChI=1S/C18H23N3O3/c1-3-20-10-5-4-8-15(20)18(23)24-12-14-11-17(22)21-13(2)7-6-9-16(21)19-14/h6-7,9,11,15H,3-5,8,10,12H2,1-2H3/t15-/m1/s1. The van der Waals surface area contributed by atoms with Crippen LogP contribution in [0, 0.1) is 6.92 Å². The second-order valence-corrected chi connectivity index (χ2v) is 6.19. The fraction of sp³-hybridized carbons (Fsp3) is 0.500. The zero-order valence-electron chi connectivity index (χ0n) is 14.2. The molecule has 3 heterocycles. The molecule has 1 fully saturated rings. The van der Waals surface area contributed by atoms with E-state index in [1.807, 2.05) is 19.1 Å². The van der Waals surface area contributed by atoms with Crippen molar-refractivity contribution in [3.63, 3.8) is 0 Å². The van der Waals surface area contributed by atoms with Gasteiger partial charge in [-0.25, -0.2) is 4.98 Å². The third kappa shape index (κ3) is 3.33. The quantitative estimate of drug-likeness (QED) is 0.802. The predicted octanol–water partition coefficient (Wildman–Crippen LogP) is 1.92. The number of carbonyl (C=O) groups excluding carboxylic acids is 1. The normalized spacial score (nSPS) is 18.7. The zero-order valence-corrected chi connectivity index (χ0v) is 14.2. The van der Waals surface area contributed by atoms with E-state index >= 15 is 0 Å². The van der Waals surface area contributed by atoms with Gasteiger partial charge in [-0.2, -0.15) is 0 Å². The first-order chi connectivity index (χ1) is 11.6. The van der Waals surface area contributed by atoms with Crippen LogP contribution >= 0.6 is 0 Å². The summed E-state index contributed by atoms with van der Waals surface area (Å²) in [4.78, 5) is 31.2. The number of fused-ring (bicyclic) bond motifs is 1. The number of aryl methyl sites for hydroxylation is 1. The van der Waals surface area contributed by atoms with Crippen molar-refractivity contribution in [3.8, 4) is 0 Å². The molecular formula is C18H23N3O3. The Morgan fingerprint density at radius 3 is 3.00 bits per heavy atom. The summed E-state index contributed by atoms with van der Waals surface area (Å²) in [6.07, 6.45) is 3.00. The highest BCUT2D eigenvalue weighted by molar-refractivity contribution is 5.75. The van der Waals surface area contributed by atoms with Crippen LogP contribution in [0.1, 0.15) is 37.6 Å². The van der Waals surface area contributed by atoms with Gasteiger partial charge in [-0.15, -0.1) is 0 Å². The summed E-state index contributed by atoms with van der Waals surface area (Å²) in [6.45, 7) is 5.73. The van der Waals surface area contributed by atoms with Crippen molar-refractivity contribution in [2.75, 3.05) is 13.1 Å². The van der Waals surface area contributed by atoms with Crippen LogP contribution < -0.4 is 5.56 Å². The molecule has 128 valence electrons. The third-order valence-electron chi connectivity index (χ3n) is 4.59. The summed E-state index contributed by atoms with van der Waals surface area (Å²) in [5.41, 5.74) is 1.73. The molecule has 0 aromatic carbocycles. The van der Waals surface area contributed by atoms with Crippen LogP contribution in [-0.2, 0) is 16.1 Å². The Bertz CT molecular complexity index is 800. The SMILES string of the molecule is CCN1CCCC[C@@H]1C(=O)OCc1cc(=O)n2c(C)cccc2n1. The molecule has 6 heteroatoms. The highest BCUT2D eigenvalue weighted by Crippen LogP contribution is 2.18. The van der Waals surface area contributed by atoms with E-state index in [9.17, 15) is 9.59 Å². The number of likely N-dealkylation sites (N-methyl/N-ethyl adjacent to an activating group) is 1. The van der Waals surface area contributed by atoms with Crippen molar-refractivity contribution in [1.29, 1.82) is 0 Å². The number of likely N-dealkylation sites (tertiary alicyclic amines) is 1. The minimum Gasteiger partial charge on any atom is -0.458 e. The van der Waals surface area contributed by atoms with E-state index in [0.29, 0.717) is 11.3 Å². The molecule has 2 aromatic heterocycles. The lowest BCUT2D eigenvalue weighted by Gasteiger charge is -2.32. The first kappa shape index (κ1) is 16.6. The molecule has 24 heavy (non-hydrogen) atoms. The average molecular weight is 329 g/mol. The Morgan fingerprint density at radius 1 is 1.38 bits per heavy atom. The van der Waals surface area contributed by atoms with E-state index in [1.165, 1.54) is 6.07 Å². The van der Waals surface area contributed by atoms with Crippen LogP contribution in [-0.4, -0.2) is 39.4 Å². The van der Waals surface area contributed by atoms with Gasteiger partial charge in [0.05, 0.1) is 5.69 Å². The number of pyridine rings is 1. The summed E-state index contributed by atoms with van der Waals surface area (Å²) in [6, 6.07) is 6.75. The van der Waals surface area contributed by atoms with Crippen LogP contribution in [0.15, 0.2) is 29.1 Å². The van der Waals surface area contributed by atoms with Crippen molar-refractivity contribution >= 4 is 11.6 Å². The first-order valence-corrected chi connectivity index (χ1v) is 8.49. The molecule has 1 aliphatic rings. The molecular weight excluding hydrogens is 306 g/mol. The summed E-state index contributed by atoms with van der Waals surface area (Å²) in [5.74, 6) is -0.220. The Balaban J connectivity index is 1.73. The summed E-state index contributed by atoms with van der Waals surface area (Å²) < 4.78 is 6.99. The predicted molar refractivity (Wildman–Crippen MR) is 90.9 cm³/mol. The van der Waals surface area contributed by atoms with Gasteiger partial charge in [-0.3, -0.25) is 18.9 Å². The Labute approximate surface area is 141 Å². The summed E-state index contributed by atoms with van der Waals surface area (Å²) >= 11 is 0. The van der Waals surface area contributed by atoms with Crippen molar-refractivity contribution in [2.45, 2.75) is 45.8 Å². The molecule has 0 saturated carbocycles. The fourth-order valence-electron chi connectivity index (χ4n) is 3.32. The van der Waals surface area contributed by atoms with Gasteiger partial charge in [0.25, 0.3) is 5.56 Å². The number of hydrogen-bond acceptors (Lipinski definition) is 5. The van der Waals surface area contributed by atoms with Crippen LogP contribution in [0.3, 0.4) is 0 Å². The molecule has 6 nitrogen and oxygen atoms in total. The number of rotatable bonds is 4. The van der Waals surface area contributed by atoms with Crippen LogP contribution in [0.4, 0.5) is 0 Å². The van der Waals surface area contributed by atoms with Crippen LogP contribution in [0.25, 0.3) is 5.65 Å². The molecule has 2 aromatic rings. The van der Waals surface area contributed by atoms with Gasteiger partial charge < -0.3 is 4.74 Å². The Kier molecular flexibility index (Phi) is 4.94. The van der Waals surface area contributed by atoms with E-state index in [0.717, 1.165) is 38.0 Å². The van der Waals surface area contributed by atoms with Gasteiger partial charge in [-0.05, 0) is 45.0 Å². The van der Waals surface area contributed by atoms with E-state index in [4.69, 9.17) is 4.74 Å². The topological polar surface area (TPSA) is 63.9 Å². The van der Waals surface area contributed by atoms with E-state index in [-0.39, 0.29) is 24.2 Å². The molecule has 0 amide bonds. The summed E-state index contributed by atoms with van der Waals surface area (Å²) in [5, 5.41) is 0. The second-order valence-electron chi connectivity index (χ2n) is 6.19. The van der Waals surface area contributed by atoms with Gasteiger partial charge in [0.15, 0.2) is 0 Å². The largest absolute Gasteiger partial charge is 0.458 e. The van der Waals surface area contributed by atoms with Gasteiger partial charge in [-0.1, -0.05) is 19.4 Å². The second kappa shape index (κ2) is 7.13. The van der Waals surface area contributed by atoms with Gasteiger partial charge in [0.2, 0.25) is 0 Å². The van der Waals surface area contributed by atoms with Crippen molar-refractivity contribution in [3.05, 3.63) is 46.0 Å². The highest BCUT2D eigenvalue weighted by atomic mass is 16.5. The van der Waals surface area contributed by atoms with Crippen molar-refractivity contribution < 1.29 is 9.53 Å². The molecule has 0 unspecified atom stereocenters. The van der Waals surface area contributed by atoms with Crippen molar-refractivity contribution in [2.24, 2.45) is 0 Å². The molecule has 0 spiro atoms. The number of esters is 1. The lowest BCUT2D eigenvalue weighted by molar-refractivity contribution is -0.152. The molecule has 0 aliphatic carbocycles. The molecule has 1 saturated heterocycles. The van der Waals surface area contributed by atoms with Gasteiger partial charge in [0.1, 0.15) is 18.3 Å². The maximum Gasteiger partial charge on any atom is 0.323 e. The molecule has 0 N–H and O–H groups in total. The number of hydrogen-bond donors (Lipinski definition) is 0. The number of piperidine rings is 1. The van der Waals surface area contributed by atoms with Crippen molar-refractivity contribution in [1.82, 2.24) is 14.3 Å². The highest BCUT2D eigenvalue weighted by Gasteiger charge is 2.28. The number of nitrogens with zero attached hydrogens (tertiary/aromatic N) is 3. The van der Waals surface area contributed by atoms with Gasteiger partial charge in [0, 0.05) is 11.8 Å². The molecule has 0 bridgehead atoms. The van der Waals surface area contributed by atoms with E-state index in [2.05, 4.69) is 16.8 Å². The molecule has 0 radical (unpaired) electrons. The lowest BCUT2D eigenvalue weighted by Crippen LogP contribution is -2.45. The zero-order chi connectivity index (χ0) is 17.1. The smallest absolute Gasteiger partial charge is 0.323 e. The van der Waals surface area contributed by atoms with Crippen LogP contribution in [0.2, 0.25) is 0 Å². The Hall–Kier alpha value is -2.21. The maximum atomic E-state index is 12.4. The minimum absolute atomic E-state index is 0.0343. The third-order valence-corrected chi connectivity index (χ3v) is 4.59. The van der Waals surface area contributed by atoms with E-state index in [1.54, 1.807) is 10.5 Å². The minimum atomic E-state index is -0.220. The molecule has 3 rings (SSSR count).